The zero-order valence-corrected chi connectivity index (χ0v) is 20.3. The minimum atomic E-state index is -2.13. The molecule has 29 heavy (non-hydrogen) atoms. The Morgan fingerprint density at radius 3 is 2.52 bits per heavy atom. The summed E-state index contributed by atoms with van der Waals surface area (Å²) in [6.45, 7) is 6.98. The molecule has 166 valence electrons. The van der Waals surface area contributed by atoms with Gasteiger partial charge < -0.3 is 15.4 Å². The minimum absolute atomic E-state index is 0.210. The highest BCUT2D eigenvalue weighted by Gasteiger charge is 2.49. The molecule has 0 aromatic carbocycles. The van der Waals surface area contributed by atoms with E-state index >= 15 is 0 Å². The van der Waals surface area contributed by atoms with E-state index in [2.05, 4.69) is 29.8 Å². The van der Waals surface area contributed by atoms with Gasteiger partial charge in [0.05, 0.1) is 0 Å². The average Bonchev–Trinajstić information content (AvgIpc) is 3.17. The SMILES string of the molecule is C[Si](C)(O)C1CSC2CCC(C(=O)N3CCC(C4CCCC(CN)C4)CC3)CC21. The Balaban J connectivity index is 1.29. The van der Waals surface area contributed by atoms with Crippen molar-refractivity contribution in [2.24, 2.45) is 35.3 Å². The number of rotatable bonds is 4. The largest absolute Gasteiger partial charge is 0.432 e. The van der Waals surface area contributed by atoms with Crippen LogP contribution in [0.2, 0.25) is 18.6 Å². The van der Waals surface area contributed by atoms with Crippen LogP contribution in [-0.2, 0) is 4.79 Å². The van der Waals surface area contributed by atoms with Gasteiger partial charge in [0, 0.05) is 24.3 Å². The molecule has 2 aliphatic carbocycles. The number of nitrogens with two attached hydrogens (primary N) is 1. The first-order valence-corrected chi connectivity index (χ1v) is 16.3. The summed E-state index contributed by atoms with van der Waals surface area (Å²) in [6.07, 6.45) is 11.0. The highest BCUT2D eigenvalue weighted by atomic mass is 32.2. The van der Waals surface area contributed by atoms with Crippen molar-refractivity contribution in [3.05, 3.63) is 0 Å². The van der Waals surface area contributed by atoms with Gasteiger partial charge in [0.1, 0.15) is 0 Å². The molecule has 6 heteroatoms. The van der Waals surface area contributed by atoms with Gasteiger partial charge in [-0.1, -0.05) is 12.8 Å². The molecule has 2 heterocycles. The van der Waals surface area contributed by atoms with Gasteiger partial charge in [-0.05, 0) is 99.6 Å². The fourth-order valence-corrected chi connectivity index (χ4v) is 12.0. The third-order valence-corrected chi connectivity index (χ3v) is 13.1. The zero-order valence-electron chi connectivity index (χ0n) is 18.5. The first-order valence-electron chi connectivity index (χ1n) is 12.2. The van der Waals surface area contributed by atoms with Crippen molar-refractivity contribution >= 4 is 26.0 Å². The van der Waals surface area contributed by atoms with Crippen LogP contribution in [0.4, 0.5) is 0 Å². The molecule has 1 amide bonds. The molecule has 0 aromatic heterocycles. The Morgan fingerprint density at radius 1 is 1.07 bits per heavy atom. The second kappa shape index (κ2) is 9.21. The Hall–Kier alpha value is -0.0431. The van der Waals surface area contributed by atoms with Crippen molar-refractivity contribution < 1.29 is 9.59 Å². The van der Waals surface area contributed by atoms with Crippen molar-refractivity contribution in [1.29, 1.82) is 0 Å². The number of nitrogens with zero attached hydrogens (tertiary/aromatic N) is 1. The average molecular weight is 439 g/mol. The lowest BCUT2D eigenvalue weighted by Gasteiger charge is -2.42. The second-order valence-corrected chi connectivity index (χ2v) is 16.3. The van der Waals surface area contributed by atoms with Gasteiger partial charge in [-0.2, -0.15) is 11.8 Å². The van der Waals surface area contributed by atoms with Crippen LogP contribution < -0.4 is 5.73 Å². The molecule has 4 aliphatic rings. The number of fused-ring (bicyclic) bond motifs is 1. The quantitative estimate of drug-likeness (QED) is 0.649. The van der Waals surface area contributed by atoms with Gasteiger partial charge >= 0.3 is 0 Å². The van der Waals surface area contributed by atoms with Crippen molar-refractivity contribution in [3.8, 4) is 0 Å². The number of hydrogen-bond acceptors (Lipinski definition) is 4. The Labute approximate surface area is 182 Å². The number of amides is 1. The van der Waals surface area contributed by atoms with Crippen LogP contribution >= 0.6 is 11.8 Å². The van der Waals surface area contributed by atoms with Gasteiger partial charge in [0.25, 0.3) is 0 Å². The maximum atomic E-state index is 13.3. The monoisotopic (exact) mass is 438 g/mol. The van der Waals surface area contributed by atoms with Crippen LogP contribution in [0.15, 0.2) is 0 Å². The molecule has 0 spiro atoms. The standard InChI is InChI=1S/C23H42N2O2SSi/c1-29(2,27)22-15-28-21-7-6-19(13-20(21)22)23(26)25-10-8-17(9-11-25)18-5-3-4-16(12-18)14-24/h16-22,27H,3-15,24H2,1-2H3. The lowest BCUT2D eigenvalue weighted by atomic mass is 9.72. The van der Waals surface area contributed by atoms with E-state index in [1.165, 1.54) is 44.9 Å². The predicted molar refractivity (Wildman–Crippen MR) is 124 cm³/mol. The fraction of sp³-hybridized carbons (Fsp3) is 0.957. The van der Waals surface area contributed by atoms with Crippen molar-refractivity contribution in [1.82, 2.24) is 4.90 Å². The van der Waals surface area contributed by atoms with E-state index < -0.39 is 8.32 Å². The van der Waals surface area contributed by atoms with Crippen molar-refractivity contribution in [2.45, 2.75) is 81.7 Å². The Bertz CT molecular complexity index is 576. The smallest absolute Gasteiger partial charge is 0.225 e. The first-order chi connectivity index (χ1) is 13.9. The number of carbonyl (C=O) groups is 1. The summed E-state index contributed by atoms with van der Waals surface area (Å²) in [5.41, 5.74) is 6.42. The molecule has 0 radical (unpaired) electrons. The Kier molecular flexibility index (Phi) is 7.04. The maximum Gasteiger partial charge on any atom is 0.225 e. The van der Waals surface area contributed by atoms with Crippen LogP contribution in [0, 0.1) is 29.6 Å². The summed E-state index contributed by atoms with van der Waals surface area (Å²) in [6, 6.07) is 0. The molecule has 6 unspecified atom stereocenters. The molecule has 2 saturated heterocycles. The van der Waals surface area contributed by atoms with E-state index in [0.717, 1.165) is 56.0 Å². The number of carbonyl (C=O) groups excluding carboxylic acids is 1. The number of hydrogen-bond donors (Lipinski definition) is 2. The minimum Gasteiger partial charge on any atom is -0.432 e. The van der Waals surface area contributed by atoms with E-state index in [0.29, 0.717) is 22.6 Å². The lowest BCUT2D eigenvalue weighted by Crippen LogP contribution is -2.46. The fourth-order valence-electron chi connectivity index (χ4n) is 6.94. The van der Waals surface area contributed by atoms with E-state index in [1.807, 2.05) is 0 Å². The molecule has 3 N–H and O–H groups in total. The predicted octanol–water partition coefficient (Wildman–Crippen LogP) is 4.09. The lowest BCUT2D eigenvalue weighted by molar-refractivity contribution is -0.138. The van der Waals surface area contributed by atoms with Crippen LogP contribution in [0.25, 0.3) is 0 Å². The third kappa shape index (κ3) is 4.91. The highest BCUT2D eigenvalue weighted by molar-refractivity contribution is 8.00. The summed E-state index contributed by atoms with van der Waals surface area (Å²) in [4.78, 5) is 26.3. The van der Waals surface area contributed by atoms with E-state index in [4.69, 9.17) is 5.73 Å². The summed E-state index contributed by atoms with van der Waals surface area (Å²) >= 11 is 2.07. The second-order valence-electron chi connectivity index (χ2n) is 11.0. The molecular weight excluding hydrogens is 396 g/mol. The molecule has 6 atom stereocenters. The zero-order chi connectivity index (χ0) is 20.6. The molecule has 4 rings (SSSR count). The van der Waals surface area contributed by atoms with Crippen LogP contribution in [0.1, 0.15) is 57.8 Å². The van der Waals surface area contributed by atoms with Gasteiger partial charge in [0.2, 0.25) is 5.91 Å². The van der Waals surface area contributed by atoms with Crippen LogP contribution in [0.3, 0.4) is 0 Å². The number of thioether (sulfide) groups is 1. The normalized spacial score (nSPS) is 39.4. The van der Waals surface area contributed by atoms with Gasteiger partial charge in [-0.15, -0.1) is 0 Å². The molecule has 4 nitrogen and oxygen atoms in total. The van der Waals surface area contributed by atoms with E-state index in [9.17, 15) is 9.59 Å². The number of likely N-dealkylation sites (tertiary alicyclic amines) is 1. The third-order valence-electron chi connectivity index (χ3n) is 8.77. The van der Waals surface area contributed by atoms with E-state index in [1.54, 1.807) is 0 Å². The Morgan fingerprint density at radius 2 is 1.83 bits per heavy atom. The van der Waals surface area contributed by atoms with Gasteiger partial charge in [-0.3, -0.25) is 4.79 Å². The summed E-state index contributed by atoms with van der Waals surface area (Å²) < 4.78 is 0. The molecule has 2 saturated carbocycles. The van der Waals surface area contributed by atoms with Crippen molar-refractivity contribution in [2.75, 3.05) is 25.4 Å². The maximum absolute atomic E-state index is 13.3. The van der Waals surface area contributed by atoms with E-state index in [-0.39, 0.29) is 5.92 Å². The van der Waals surface area contributed by atoms with Crippen molar-refractivity contribution in [3.63, 3.8) is 0 Å². The highest BCUT2D eigenvalue weighted by Crippen LogP contribution is 2.53. The molecule has 0 bridgehead atoms. The summed E-state index contributed by atoms with van der Waals surface area (Å²) in [5.74, 6) is 4.71. The number of piperidine rings is 1. The molecular formula is C23H42N2O2SSi. The molecule has 0 aromatic rings. The van der Waals surface area contributed by atoms with Gasteiger partial charge in [-0.25, -0.2) is 0 Å². The van der Waals surface area contributed by atoms with Gasteiger partial charge in [0.15, 0.2) is 8.32 Å². The summed E-state index contributed by atoms with van der Waals surface area (Å²) in [7, 11) is -2.13. The summed E-state index contributed by atoms with van der Waals surface area (Å²) in [5, 5.41) is 0.690. The van der Waals surface area contributed by atoms with Crippen LogP contribution in [0.5, 0.6) is 0 Å². The molecule has 4 fully saturated rings. The molecule has 2 aliphatic heterocycles. The topological polar surface area (TPSA) is 66.6 Å². The first kappa shape index (κ1) is 22.2. The van der Waals surface area contributed by atoms with Crippen LogP contribution in [-0.4, -0.2) is 54.6 Å².